The van der Waals surface area contributed by atoms with Crippen LogP contribution in [-0.2, 0) is 25.6 Å². The fourth-order valence-electron chi connectivity index (χ4n) is 6.82. The molecule has 11 nitrogen and oxygen atoms in total. The van der Waals surface area contributed by atoms with E-state index >= 15 is 4.39 Å². The number of carbonyl (C=O) groups excluding carboxylic acids is 4. The summed E-state index contributed by atoms with van der Waals surface area (Å²) in [6, 6.07) is -0.277. The second-order valence-corrected chi connectivity index (χ2v) is 12.0. The van der Waals surface area contributed by atoms with Gasteiger partial charge in [0.05, 0.1) is 17.3 Å². The molecule has 0 spiro atoms. The number of hydrogen-bond donors (Lipinski definition) is 6. The number of anilines is 1. The molecule has 7 N–H and O–H groups in total. The van der Waals surface area contributed by atoms with Crippen molar-refractivity contribution in [3.8, 4) is 5.75 Å². The minimum Gasteiger partial charge on any atom is -0.508 e. The summed E-state index contributed by atoms with van der Waals surface area (Å²) < 4.78 is 15.4. The molecule has 1 aromatic rings. The van der Waals surface area contributed by atoms with Crippen LogP contribution >= 0.6 is 0 Å². The van der Waals surface area contributed by atoms with Gasteiger partial charge in [-0.15, -0.1) is 0 Å². The molecule has 234 valence electrons. The van der Waals surface area contributed by atoms with Gasteiger partial charge in [-0.2, -0.15) is 0 Å². The van der Waals surface area contributed by atoms with Crippen molar-refractivity contribution >= 4 is 34.8 Å². The number of primary amides is 1. The Kier molecular flexibility index (Phi) is 9.31. The van der Waals surface area contributed by atoms with Gasteiger partial charge in [-0.1, -0.05) is 45.4 Å². The quantitative estimate of drug-likeness (QED) is 0.126. The number of phenolic OH excluding ortho intramolecular Hbond substituents is 1. The monoisotopic (exact) mass is 601 g/mol. The van der Waals surface area contributed by atoms with E-state index < -0.39 is 86.7 Å². The summed E-state index contributed by atoms with van der Waals surface area (Å²) in [5, 5.41) is 47.4. The number of aliphatic hydroxyl groups is 3. The molecular weight excluding hydrogens is 561 g/mol. The highest BCUT2D eigenvalue weighted by molar-refractivity contribution is 6.24. The van der Waals surface area contributed by atoms with Crippen molar-refractivity contribution < 1.29 is 44.0 Å². The maximum absolute atomic E-state index is 15.4. The average Bonchev–Trinajstić information content (AvgIpc) is 2.92. The van der Waals surface area contributed by atoms with E-state index in [1.165, 1.54) is 25.4 Å². The van der Waals surface area contributed by atoms with Crippen molar-refractivity contribution in [3.05, 3.63) is 39.9 Å². The van der Waals surface area contributed by atoms with Crippen LogP contribution in [0.3, 0.4) is 0 Å². The molecule has 43 heavy (non-hydrogen) atoms. The third-order valence-electron chi connectivity index (χ3n) is 8.95. The zero-order chi connectivity index (χ0) is 31.8. The number of nitrogens with one attached hydrogen (secondary N) is 1. The SMILES string of the molecule is CCCCCCCCCC(=O)Nc1cc(F)c2c(c1O)C(O)=C1C(=O)[C@]3(O)C(O)=C(C(N)=O)C(=O)[C@@H](N(C)C)[C@@H]3C[C@@H]1C2. The van der Waals surface area contributed by atoms with Crippen LogP contribution in [0.4, 0.5) is 10.1 Å². The van der Waals surface area contributed by atoms with Crippen LogP contribution in [0.2, 0.25) is 0 Å². The number of unbranched alkanes of at least 4 members (excludes halogenated alkanes) is 6. The number of halogens is 1. The van der Waals surface area contributed by atoms with Crippen LogP contribution in [0.15, 0.2) is 23.0 Å². The van der Waals surface area contributed by atoms with E-state index in [0.29, 0.717) is 6.42 Å². The van der Waals surface area contributed by atoms with Crippen LogP contribution in [0.5, 0.6) is 5.75 Å². The van der Waals surface area contributed by atoms with Crippen molar-refractivity contribution in [2.45, 2.75) is 82.8 Å². The van der Waals surface area contributed by atoms with Crippen molar-refractivity contribution in [1.29, 1.82) is 0 Å². The average molecular weight is 602 g/mol. The van der Waals surface area contributed by atoms with E-state index in [2.05, 4.69) is 12.2 Å². The normalized spacial score (nSPS) is 25.0. The molecule has 0 bridgehead atoms. The molecule has 2 amide bonds. The van der Waals surface area contributed by atoms with Crippen LogP contribution in [0.25, 0.3) is 5.76 Å². The highest BCUT2D eigenvalue weighted by Crippen LogP contribution is 2.53. The van der Waals surface area contributed by atoms with Crippen molar-refractivity contribution in [2.24, 2.45) is 17.6 Å². The summed E-state index contributed by atoms with van der Waals surface area (Å²) in [5.41, 5.74) is 0.419. The molecule has 0 aromatic heterocycles. The van der Waals surface area contributed by atoms with Crippen LogP contribution in [-0.4, -0.2) is 74.4 Å². The Labute approximate surface area is 249 Å². The van der Waals surface area contributed by atoms with Gasteiger partial charge in [0, 0.05) is 29.5 Å². The minimum atomic E-state index is -2.79. The van der Waals surface area contributed by atoms with Gasteiger partial charge in [-0.25, -0.2) is 4.39 Å². The number of rotatable bonds is 11. The Hall–Kier alpha value is -3.77. The number of aromatic hydroxyl groups is 1. The first-order valence-electron chi connectivity index (χ1n) is 14.8. The topological polar surface area (TPSA) is 190 Å². The van der Waals surface area contributed by atoms with Crippen molar-refractivity contribution in [2.75, 3.05) is 19.4 Å². The molecule has 0 unspecified atom stereocenters. The van der Waals surface area contributed by atoms with Gasteiger partial charge >= 0.3 is 0 Å². The number of ketones is 2. The molecule has 1 fully saturated rings. The number of benzene rings is 1. The summed E-state index contributed by atoms with van der Waals surface area (Å²) in [6.45, 7) is 2.13. The first-order chi connectivity index (χ1) is 20.3. The van der Waals surface area contributed by atoms with E-state index in [0.717, 1.165) is 38.2 Å². The number of amides is 2. The number of hydrogen-bond acceptors (Lipinski definition) is 9. The van der Waals surface area contributed by atoms with Gasteiger partial charge in [0.25, 0.3) is 5.91 Å². The zero-order valence-electron chi connectivity index (χ0n) is 24.7. The van der Waals surface area contributed by atoms with E-state index in [9.17, 15) is 39.6 Å². The third-order valence-corrected chi connectivity index (χ3v) is 8.95. The molecule has 0 saturated heterocycles. The van der Waals surface area contributed by atoms with Gasteiger partial charge < -0.3 is 31.5 Å². The predicted molar refractivity (Wildman–Crippen MR) is 155 cm³/mol. The molecule has 0 heterocycles. The lowest BCUT2D eigenvalue weighted by Crippen LogP contribution is -2.65. The lowest BCUT2D eigenvalue weighted by molar-refractivity contribution is -0.153. The van der Waals surface area contributed by atoms with E-state index in [-0.39, 0.29) is 30.5 Å². The van der Waals surface area contributed by atoms with Crippen LogP contribution in [0.1, 0.15) is 75.8 Å². The minimum absolute atomic E-state index is 0.104. The summed E-state index contributed by atoms with van der Waals surface area (Å²) >= 11 is 0. The standard InChI is InChI=1S/C31H40FN3O8/c1-4-5-6-7-8-9-10-11-20(36)34-19-14-18(32)16-12-15-13-17-24(35(2)3)27(39)23(30(33)42)29(41)31(17,43)28(40)21(15)26(38)22(16)25(19)37/h14-15,17,24,37-38,41,43H,4-13H2,1-3H3,(H2,33,42)(H,34,36)/t15-,17-,24-,31-/m0/s1. The lowest BCUT2D eigenvalue weighted by Gasteiger charge is -2.50. The predicted octanol–water partition coefficient (Wildman–Crippen LogP) is 3.18. The highest BCUT2D eigenvalue weighted by atomic mass is 19.1. The molecule has 1 saturated carbocycles. The van der Waals surface area contributed by atoms with Crippen LogP contribution in [0, 0.1) is 17.7 Å². The number of nitrogens with zero attached hydrogens (tertiary/aromatic N) is 1. The molecular formula is C31H40FN3O8. The highest BCUT2D eigenvalue weighted by Gasteiger charge is 2.64. The first-order valence-corrected chi connectivity index (χ1v) is 14.8. The number of fused-ring (bicyclic) bond motifs is 3. The number of nitrogens with two attached hydrogens (primary N) is 1. The maximum atomic E-state index is 15.4. The molecule has 0 radical (unpaired) electrons. The third kappa shape index (κ3) is 5.53. The summed E-state index contributed by atoms with van der Waals surface area (Å²) in [6.07, 6.45) is 6.79. The summed E-state index contributed by atoms with van der Waals surface area (Å²) in [7, 11) is 2.99. The first kappa shape index (κ1) is 32.2. The van der Waals surface area contributed by atoms with E-state index in [1.54, 1.807) is 0 Å². The second kappa shape index (κ2) is 12.5. The lowest BCUT2D eigenvalue weighted by atomic mass is 9.57. The number of likely N-dealkylation sites (N-methyl/N-ethyl adjacent to an activating group) is 1. The smallest absolute Gasteiger partial charge is 0.255 e. The molecule has 4 atom stereocenters. The van der Waals surface area contributed by atoms with Gasteiger partial charge in [0.15, 0.2) is 17.1 Å². The van der Waals surface area contributed by atoms with Crippen molar-refractivity contribution in [3.63, 3.8) is 0 Å². The largest absolute Gasteiger partial charge is 0.508 e. The summed E-state index contributed by atoms with van der Waals surface area (Å²) in [5.74, 6) is -9.51. The number of phenols is 1. The zero-order valence-corrected chi connectivity index (χ0v) is 24.7. The van der Waals surface area contributed by atoms with Crippen LogP contribution < -0.4 is 11.1 Å². The number of aliphatic hydroxyl groups excluding tert-OH is 2. The molecule has 12 heteroatoms. The second-order valence-electron chi connectivity index (χ2n) is 12.0. The number of Topliss-reactive ketones (excluding diaryl/α,β-unsaturated/α-hetero) is 2. The molecule has 3 aliphatic rings. The Balaban J connectivity index is 1.67. The van der Waals surface area contributed by atoms with Crippen molar-refractivity contribution in [1.82, 2.24) is 4.90 Å². The van der Waals surface area contributed by atoms with E-state index in [1.807, 2.05) is 0 Å². The van der Waals surface area contributed by atoms with Gasteiger partial charge in [-0.05, 0) is 39.3 Å². The molecule has 1 aromatic carbocycles. The Morgan fingerprint density at radius 3 is 2.33 bits per heavy atom. The maximum Gasteiger partial charge on any atom is 0.255 e. The summed E-state index contributed by atoms with van der Waals surface area (Å²) in [4.78, 5) is 53.1. The van der Waals surface area contributed by atoms with Gasteiger partial charge in [0.1, 0.15) is 22.9 Å². The molecule has 0 aliphatic heterocycles. The fraction of sp³-hybridized carbons (Fsp3) is 0.548. The fourth-order valence-corrected chi connectivity index (χ4v) is 6.82. The Morgan fingerprint density at radius 2 is 1.72 bits per heavy atom. The van der Waals surface area contributed by atoms with Gasteiger partial charge in [-0.3, -0.25) is 24.1 Å². The Morgan fingerprint density at radius 1 is 1.09 bits per heavy atom. The molecule has 3 aliphatic carbocycles. The molecule has 4 rings (SSSR count). The Bertz CT molecular complexity index is 1420. The van der Waals surface area contributed by atoms with E-state index in [4.69, 9.17) is 5.73 Å². The van der Waals surface area contributed by atoms with Gasteiger partial charge in [0.2, 0.25) is 11.7 Å². The number of carbonyl (C=O) groups is 4.